The Labute approximate surface area is 168 Å². The molecule has 0 saturated heterocycles. The number of aromatic nitrogens is 2. The van der Waals surface area contributed by atoms with Crippen LogP contribution in [0.4, 0.5) is 17.2 Å². The predicted molar refractivity (Wildman–Crippen MR) is 119 cm³/mol. The maximum Gasteiger partial charge on any atom is 0.137 e. The molecular weight excluding hydrogens is 354 g/mol. The number of fused-ring (bicyclic) bond motifs is 3. The molecule has 0 spiro atoms. The van der Waals surface area contributed by atoms with Gasteiger partial charge in [-0.15, -0.1) is 0 Å². The summed E-state index contributed by atoms with van der Waals surface area (Å²) in [4.78, 5) is 11.0. The fraction of sp³-hybridized carbons (Fsp3) is 0. The first-order valence-electron chi connectivity index (χ1n) is 9.68. The van der Waals surface area contributed by atoms with Gasteiger partial charge in [-0.1, -0.05) is 54.6 Å². The lowest BCUT2D eigenvalue weighted by Gasteiger charge is -2.25. The molecule has 3 aromatic carbocycles. The van der Waals surface area contributed by atoms with Crippen LogP contribution in [0.15, 0.2) is 104 Å². The van der Waals surface area contributed by atoms with Gasteiger partial charge in [-0.3, -0.25) is 9.88 Å². The minimum Gasteiger partial charge on any atom is -0.294 e. The monoisotopic (exact) mass is 371 g/mol. The summed E-state index contributed by atoms with van der Waals surface area (Å²) in [6, 6.07) is 29.7. The van der Waals surface area contributed by atoms with Crippen molar-refractivity contribution in [3.8, 4) is 22.3 Å². The summed E-state index contributed by atoms with van der Waals surface area (Å²) in [6.07, 6.45) is 5.47. The van der Waals surface area contributed by atoms with Crippen LogP contribution in [-0.4, -0.2) is 9.97 Å². The van der Waals surface area contributed by atoms with Gasteiger partial charge >= 0.3 is 0 Å². The Bertz CT molecular complexity index is 1280. The SMILES string of the molecule is c1ccc(N(c2ccncc2)c2ccc3c4c(cccc24)-c2ccccc2-3)nc1. The van der Waals surface area contributed by atoms with Crippen molar-refractivity contribution in [2.75, 3.05) is 4.90 Å². The van der Waals surface area contributed by atoms with Crippen LogP contribution in [-0.2, 0) is 0 Å². The topological polar surface area (TPSA) is 29.0 Å². The molecule has 0 N–H and O–H groups in total. The summed E-state index contributed by atoms with van der Waals surface area (Å²) in [7, 11) is 0. The molecule has 136 valence electrons. The van der Waals surface area contributed by atoms with Gasteiger partial charge in [-0.25, -0.2) is 4.98 Å². The predicted octanol–water partition coefficient (Wildman–Crippen LogP) is 6.75. The second-order valence-electron chi connectivity index (χ2n) is 7.13. The van der Waals surface area contributed by atoms with E-state index in [0.29, 0.717) is 0 Å². The maximum atomic E-state index is 4.64. The summed E-state index contributed by atoms with van der Waals surface area (Å²) < 4.78 is 0. The Kier molecular flexibility index (Phi) is 3.47. The van der Waals surface area contributed by atoms with Gasteiger partial charge in [0.25, 0.3) is 0 Å². The smallest absolute Gasteiger partial charge is 0.137 e. The van der Waals surface area contributed by atoms with Gasteiger partial charge in [0.15, 0.2) is 0 Å². The van der Waals surface area contributed by atoms with Crippen molar-refractivity contribution < 1.29 is 0 Å². The number of pyridine rings is 2. The number of nitrogens with zero attached hydrogens (tertiary/aromatic N) is 3. The van der Waals surface area contributed by atoms with Crippen LogP contribution in [0.5, 0.6) is 0 Å². The highest BCUT2D eigenvalue weighted by atomic mass is 15.2. The molecule has 6 rings (SSSR count). The van der Waals surface area contributed by atoms with Crippen LogP contribution >= 0.6 is 0 Å². The largest absolute Gasteiger partial charge is 0.294 e. The first-order chi connectivity index (χ1) is 14.4. The summed E-state index contributed by atoms with van der Waals surface area (Å²) in [5.74, 6) is 0.884. The Hall–Kier alpha value is -3.98. The van der Waals surface area contributed by atoms with Crippen LogP contribution in [0.2, 0.25) is 0 Å². The fourth-order valence-electron chi connectivity index (χ4n) is 4.36. The number of hydrogen-bond acceptors (Lipinski definition) is 3. The summed E-state index contributed by atoms with van der Waals surface area (Å²) in [5.41, 5.74) is 7.35. The third kappa shape index (κ3) is 2.38. The van der Waals surface area contributed by atoms with Gasteiger partial charge in [-0.05, 0) is 58.0 Å². The van der Waals surface area contributed by atoms with Crippen LogP contribution in [0.1, 0.15) is 0 Å². The van der Waals surface area contributed by atoms with Gasteiger partial charge in [0.1, 0.15) is 5.82 Å². The van der Waals surface area contributed by atoms with Gasteiger partial charge in [0, 0.05) is 24.0 Å². The molecule has 1 aliphatic rings. The van der Waals surface area contributed by atoms with Crippen LogP contribution in [0.3, 0.4) is 0 Å². The fourth-order valence-corrected chi connectivity index (χ4v) is 4.36. The summed E-state index contributed by atoms with van der Waals surface area (Å²) in [5, 5.41) is 2.53. The molecule has 0 amide bonds. The highest BCUT2D eigenvalue weighted by Crippen LogP contribution is 2.50. The van der Waals surface area contributed by atoms with E-state index in [-0.39, 0.29) is 0 Å². The Balaban J connectivity index is 1.67. The number of rotatable bonds is 3. The molecule has 29 heavy (non-hydrogen) atoms. The van der Waals surface area contributed by atoms with Gasteiger partial charge < -0.3 is 0 Å². The third-order valence-corrected chi connectivity index (χ3v) is 5.57. The van der Waals surface area contributed by atoms with E-state index in [9.17, 15) is 0 Å². The van der Waals surface area contributed by atoms with Crippen molar-refractivity contribution in [3.05, 3.63) is 104 Å². The molecule has 0 saturated carbocycles. The van der Waals surface area contributed by atoms with E-state index in [1.54, 1.807) is 0 Å². The van der Waals surface area contributed by atoms with E-state index in [0.717, 1.165) is 17.2 Å². The van der Waals surface area contributed by atoms with E-state index in [1.165, 1.54) is 33.0 Å². The molecule has 0 unspecified atom stereocenters. The first kappa shape index (κ1) is 16.0. The molecule has 3 heteroatoms. The Morgan fingerprint density at radius 1 is 0.552 bits per heavy atom. The molecule has 0 aliphatic heterocycles. The molecule has 0 radical (unpaired) electrons. The molecule has 1 aliphatic carbocycles. The number of hydrogen-bond donors (Lipinski definition) is 0. The minimum atomic E-state index is 0.884. The number of anilines is 3. The quantitative estimate of drug-likeness (QED) is 0.345. The van der Waals surface area contributed by atoms with E-state index in [1.807, 2.05) is 48.9 Å². The highest BCUT2D eigenvalue weighted by Gasteiger charge is 2.24. The van der Waals surface area contributed by atoms with E-state index in [2.05, 4.69) is 69.5 Å². The molecular formula is C26H17N3. The highest BCUT2D eigenvalue weighted by molar-refractivity contribution is 6.19. The van der Waals surface area contributed by atoms with Crippen molar-refractivity contribution in [1.82, 2.24) is 9.97 Å². The molecule has 0 atom stereocenters. The van der Waals surface area contributed by atoms with Crippen LogP contribution in [0.25, 0.3) is 33.0 Å². The second kappa shape index (κ2) is 6.28. The standard InChI is InChI=1S/C26H17N3/c1-2-7-20-19(6-1)21-8-5-9-23-24(12-11-22(20)26(21)23)29(18-13-16-27-17-14-18)25-10-3-4-15-28-25/h1-17H. The van der Waals surface area contributed by atoms with E-state index < -0.39 is 0 Å². The minimum absolute atomic E-state index is 0.884. The zero-order chi connectivity index (χ0) is 19.2. The Morgan fingerprint density at radius 3 is 2.03 bits per heavy atom. The lowest BCUT2D eigenvalue weighted by atomic mass is 10.0. The van der Waals surface area contributed by atoms with Crippen molar-refractivity contribution in [1.29, 1.82) is 0 Å². The lowest BCUT2D eigenvalue weighted by molar-refractivity contribution is 1.17. The van der Waals surface area contributed by atoms with Crippen LogP contribution in [0, 0.1) is 0 Å². The van der Waals surface area contributed by atoms with Crippen LogP contribution < -0.4 is 4.90 Å². The molecule has 5 aromatic rings. The van der Waals surface area contributed by atoms with Gasteiger partial charge in [0.2, 0.25) is 0 Å². The second-order valence-corrected chi connectivity index (χ2v) is 7.13. The normalized spacial score (nSPS) is 11.4. The lowest BCUT2D eigenvalue weighted by Crippen LogP contribution is -2.11. The first-order valence-corrected chi connectivity index (χ1v) is 9.68. The van der Waals surface area contributed by atoms with E-state index >= 15 is 0 Å². The maximum absolute atomic E-state index is 4.64. The van der Waals surface area contributed by atoms with Gasteiger partial charge in [0.05, 0.1) is 11.4 Å². The molecule has 0 bridgehead atoms. The summed E-state index contributed by atoms with van der Waals surface area (Å²) >= 11 is 0. The average molecular weight is 371 g/mol. The third-order valence-electron chi connectivity index (χ3n) is 5.57. The van der Waals surface area contributed by atoms with Crippen molar-refractivity contribution in [3.63, 3.8) is 0 Å². The van der Waals surface area contributed by atoms with Crippen molar-refractivity contribution in [2.24, 2.45) is 0 Å². The number of benzene rings is 3. The van der Waals surface area contributed by atoms with Gasteiger partial charge in [-0.2, -0.15) is 0 Å². The van der Waals surface area contributed by atoms with Crippen molar-refractivity contribution >= 4 is 28.0 Å². The molecule has 3 nitrogen and oxygen atoms in total. The zero-order valence-electron chi connectivity index (χ0n) is 15.7. The van der Waals surface area contributed by atoms with Crippen molar-refractivity contribution in [2.45, 2.75) is 0 Å². The molecule has 2 heterocycles. The summed E-state index contributed by atoms with van der Waals surface area (Å²) in [6.45, 7) is 0. The Morgan fingerprint density at radius 2 is 1.28 bits per heavy atom. The molecule has 0 fully saturated rings. The zero-order valence-corrected chi connectivity index (χ0v) is 15.7. The average Bonchev–Trinajstić information content (AvgIpc) is 3.13. The van der Waals surface area contributed by atoms with E-state index in [4.69, 9.17) is 0 Å². The molecule has 2 aromatic heterocycles.